The lowest BCUT2D eigenvalue weighted by atomic mass is 9.78. The van der Waals surface area contributed by atoms with Crippen LogP contribution in [0.4, 0.5) is 10.1 Å². The van der Waals surface area contributed by atoms with Gasteiger partial charge in [-0.15, -0.1) is 0 Å². The molecule has 1 aromatic carbocycles. The molecule has 0 N–H and O–H groups in total. The second-order valence-electron chi connectivity index (χ2n) is 5.89. The maximum atomic E-state index is 13.7. The van der Waals surface area contributed by atoms with Gasteiger partial charge in [-0.1, -0.05) is 0 Å². The zero-order chi connectivity index (χ0) is 16.0. The minimum absolute atomic E-state index is 0.150. The zero-order valence-corrected chi connectivity index (χ0v) is 12.6. The van der Waals surface area contributed by atoms with Gasteiger partial charge in [-0.05, 0) is 27.7 Å². The van der Waals surface area contributed by atoms with Crippen LogP contribution in [0.5, 0.6) is 5.75 Å². The van der Waals surface area contributed by atoms with E-state index in [4.69, 9.17) is 14.0 Å². The Morgan fingerprint density at radius 1 is 1.24 bits per heavy atom. The summed E-state index contributed by atoms with van der Waals surface area (Å²) >= 11 is 0. The minimum Gasteiger partial charge on any atom is -0.497 e. The van der Waals surface area contributed by atoms with Crippen LogP contribution in [0.1, 0.15) is 27.7 Å². The quantitative estimate of drug-likeness (QED) is 0.485. The predicted molar refractivity (Wildman–Crippen MR) is 75.3 cm³/mol. The van der Waals surface area contributed by atoms with Gasteiger partial charge in [0.15, 0.2) is 0 Å². The summed E-state index contributed by atoms with van der Waals surface area (Å²) < 4.78 is 30.4. The van der Waals surface area contributed by atoms with E-state index in [1.807, 2.05) is 27.7 Å². The highest BCUT2D eigenvalue weighted by Crippen LogP contribution is 2.37. The van der Waals surface area contributed by atoms with E-state index in [9.17, 15) is 14.5 Å². The summed E-state index contributed by atoms with van der Waals surface area (Å²) in [5, 5.41) is 10.9. The molecule has 0 saturated carbocycles. The minimum atomic E-state index is -0.961. The van der Waals surface area contributed by atoms with Crippen LogP contribution in [-0.2, 0) is 9.31 Å². The fraction of sp³-hybridized carbons (Fsp3) is 0.538. The van der Waals surface area contributed by atoms with Gasteiger partial charge in [0.1, 0.15) is 5.75 Å². The van der Waals surface area contributed by atoms with Crippen molar-refractivity contribution in [3.63, 3.8) is 0 Å². The summed E-state index contributed by atoms with van der Waals surface area (Å²) in [4.78, 5) is 10.1. The Morgan fingerprint density at radius 3 is 2.19 bits per heavy atom. The number of benzene rings is 1. The zero-order valence-electron chi connectivity index (χ0n) is 12.6. The van der Waals surface area contributed by atoms with Crippen molar-refractivity contribution in [2.24, 2.45) is 0 Å². The first-order valence-corrected chi connectivity index (χ1v) is 6.46. The number of nitro benzene ring substituents is 1. The van der Waals surface area contributed by atoms with E-state index < -0.39 is 34.7 Å². The summed E-state index contributed by atoms with van der Waals surface area (Å²) in [6, 6.07) is 2.06. The molecule has 2 rings (SSSR count). The highest BCUT2D eigenvalue weighted by Gasteiger charge is 2.52. The van der Waals surface area contributed by atoms with E-state index in [2.05, 4.69) is 0 Å². The molecule has 1 heterocycles. The number of rotatable bonds is 3. The van der Waals surface area contributed by atoms with E-state index in [1.54, 1.807) is 0 Å². The molecule has 21 heavy (non-hydrogen) atoms. The Kier molecular flexibility index (Phi) is 3.71. The molecule has 1 aliphatic rings. The third-order valence-electron chi connectivity index (χ3n) is 4.00. The monoisotopic (exact) mass is 297 g/mol. The van der Waals surface area contributed by atoms with Gasteiger partial charge in [0.25, 0.3) is 0 Å². The number of hydrogen-bond donors (Lipinski definition) is 0. The molecule has 0 aromatic heterocycles. The van der Waals surface area contributed by atoms with E-state index in [1.165, 1.54) is 7.11 Å². The standard InChI is InChI=1S/C13H17BFNO5/c1-12(2)13(3,4)21-14(20-12)8-6-10(16(17)18)9(15)7-11(8)19-5/h6-7H,1-5H3. The van der Waals surface area contributed by atoms with Crippen molar-refractivity contribution in [2.45, 2.75) is 38.9 Å². The Labute approximate surface area is 122 Å². The average molecular weight is 297 g/mol. The molecule has 0 bridgehead atoms. The second kappa shape index (κ2) is 4.96. The lowest BCUT2D eigenvalue weighted by molar-refractivity contribution is -0.387. The molecule has 1 saturated heterocycles. The van der Waals surface area contributed by atoms with Gasteiger partial charge in [0.2, 0.25) is 5.82 Å². The molecular formula is C13H17BFNO5. The fourth-order valence-electron chi connectivity index (χ4n) is 2.03. The van der Waals surface area contributed by atoms with Gasteiger partial charge in [0.05, 0.1) is 23.2 Å². The van der Waals surface area contributed by atoms with Crippen LogP contribution in [0, 0.1) is 15.9 Å². The van der Waals surface area contributed by atoms with Gasteiger partial charge >= 0.3 is 12.8 Å². The number of nitro groups is 1. The molecule has 1 aromatic rings. The lowest BCUT2D eigenvalue weighted by Gasteiger charge is -2.32. The van der Waals surface area contributed by atoms with Crippen LogP contribution in [-0.4, -0.2) is 30.4 Å². The number of methoxy groups -OCH3 is 1. The Morgan fingerprint density at radius 2 is 1.76 bits per heavy atom. The molecule has 8 heteroatoms. The van der Waals surface area contributed by atoms with Gasteiger partial charge in [-0.25, -0.2) is 0 Å². The van der Waals surface area contributed by atoms with Crippen LogP contribution in [0.25, 0.3) is 0 Å². The van der Waals surface area contributed by atoms with E-state index in [0.717, 1.165) is 12.1 Å². The summed E-state index contributed by atoms with van der Waals surface area (Å²) in [5.41, 5.74) is -1.55. The van der Waals surface area contributed by atoms with Crippen LogP contribution in [0.3, 0.4) is 0 Å². The predicted octanol–water partition coefficient (Wildman–Crippen LogP) is 2.04. The van der Waals surface area contributed by atoms with Gasteiger partial charge in [-0.3, -0.25) is 10.1 Å². The first-order chi connectivity index (χ1) is 9.59. The summed E-state index contributed by atoms with van der Waals surface area (Å²) in [6.45, 7) is 7.43. The lowest BCUT2D eigenvalue weighted by Crippen LogP contribution is -2.41. The number of ether oxygens (including phenoxy) is 1. The van der Waals surface area contributed by atoms with Crippen molar-refractivity contribution in [2.75, 3.05) is 7.11 Å². The number of nitrogens with zero attached hydrogens (tertiary/aromatic N) is 1. The Bertz CT molecular complexity index is 574. The van der Waals surface area contributed by atoms with Gasteiger partial charge < -0.3 is 14.0 Å². The first kappa shape index (κ1) is 15.7. The SMILES string of the molecule is COc1cc(F)c([N+](=O)[O-])cc1B1OC(C)(C)C(C)(C)O1. The average Bonchev–Trinajstić information content (AvgIpc) is 2.57. The van der Waals surface area contributed by atoms with E-state index in [0.29, 0.717) is 5.46 Å². The molecule has 0 radical (unpaired) electrons. The third kappa shape index (κ3) is 2.61. The molecule has 0 aliphatic carbocycles. The number of hydrogen-bond acceptors (Lipinski definition) is 5. The fourth-order valence-corrected chi connectivity index (χ4v) is 2.03. The Hall–Kier alpha value is -1.67. The number of halogens is 1. The molecule has 1 fully saturated rings. The van der Waals surface area contributed by atoms with Crippen LogP contribution in [0.15, 0.2) is 12.1 Å². The molecule has 1 aliphatic heterocycles. The summed E-state index contributed by atoms with van der Waals surface area (Å²) in [5.74, 6) is -0.811. The van der Waals surface area contributed by atoms with Crippen LogP contribution >= 0.6 is 0 Å². The maximum absolute atomic E-state index is 13.7. The van der Waals surface area contributed by atoms with Crippen LogP contribution < -0.4 is 10.2 Å². The van der Waals surface area contributed by atoms with Crippen molar-refractivity contribution < 1.29 is 23.4 Å². The smallest absolute Gasteiger partial charge is 0.497 e. The molecule has 0 amide bonds. The molecule has 0 unspecified atom stereocenters. The molecule has 6 nitrogen and oxygen atoms in total. The highest BCUT2D eigenvalue weighted by atomic mass is 19.1. The summed E-state index contributed by atoms with van der Waals surface area (Å²) in [6.07, 6.45) is 0. The van der Waals surface area contributed by atoms with Gasteiger partial charge in [0, 0.05) is 17.6 Å². The van der Waals surface area contributed by atoms with E-state index >= 15 is 0 Å². The van der Waals surface area contributed by atoms with Crippen molar-refractivity contribution in [3.8, 4) is 5.75 Å². The molecule has 0 spiro atoms. The van der Waals surface area contributed by atoms with Crippen molar-refractivity contribution in [1.29, 1.82) is 0 Å². The second-order valence-corrected chi connectivity index (χ2v) is 5.89. The Balaban J connectivity index is 2.49. The largest absolute Gasteiger partial charge is 0.498 e. The maximum Gasteiger partial charge on any atom is 0.498 e. The molecule has 114 valence electrons. The van der Waals surface area contributed by atoms with Crippen molar-refractivity contribution >= 4 is 18.3 Å². The topological polar surface area (TPSA) is 70.8 Å². The highest BCUT2D eigenvalue weighted by molar-refractivity contribution is 6.63. The summed E-state index contributed by atoms with van der Waals surface area (Å²) in [7, 11) is 0.499. The molecule has 0 atom stereocenters. The van der Waals surface area contributed by atoms with Crippen LogP contribution in [0.2, 0.25) is 0 Å². The van der Waals surface area contributed by atoms with Gasteiger partial charge in [-0.2, -0.15) is 4.39 Å². The third-order valence-corrected chi connectivity index (χ3v) is 4.00. The van der Waals surface area contributed by atoms with Crippen molar-refractivity contribution in [3.05, 3.63) is 28.1 Å². The normalized spacial score (nSPS) is 19.6. The molecular weight excluding hydrogens is 280 g/mol. The van der Waals surface area contributed by atoms with E-state index in [-0.39, 0.29) is 5.75 Å². The van der Waals surface area contributed by atoms with Crippen molar-refractivity contribution in [1.82, 2.24) is 0 Å². The first-order valence-electron chi connectivity index (χ1n) is 6.46.